The van der Waals surface area contributed by atoms with Crippen LogP contribution >= 0.6 is 0 Å². The lowest BCUT2D eigenvalue weighted by atomic mass is 10.0. The van der Waals surface area contributed by atoms with Crippen molar-refractivity contribution < 1.29 is 14.2 Å². The maximum Gasteiger partial charge on any atom is 0.118 e. The molecule has 4 heteroatoms. The molecule has 120 valence electrons. The minimum absolute atomic E-state index is 0.0866. The summed E-state index contributed by atoms with van der Waals surface area (Å²) in [5.74, 6) is 0.871. The van der Waals surface area contributed by atoms with Gasteiger partial charge in [0.25, 0.3) is 0 Å². The number of hydrogen-bond acceptors (Lipinski definition) is 4. The summed E-state index contributed by atoms with van der Waals surface area (Å²) in [7, 11) is 1.68. The van der Waals surface area contributed by atoms with E-state index in [2.05, 4.69) is 38.2 Å². The van der Waals surface area contributed by atoms with E-state index in [1.54, 1.807) is 7.11 Å². The Bertz CT molecular complexity index is 367. The molecule has 21 heavy (non-hydrogen) atoms. The highest BCUT2D eigenvalue weighted by molar-refractivity contribution is 5.29. The topological polar surface area (TPSA) is 39.7 Å². The summed E-state index contributed by atoms with van der Waals surface area (Å²) < 4.78 is 16.5. The zero-order valence-corrected chi connectivity index (χ0v) is 13.7. The van der Waals surface area contributed by atoms with Gasteiger partial charge in [0.1, 0.15) is 5.75 Å². The molecule has 0 fully saturated rings. The van der Waals surface area contributed by atoms with Crippen molar-refractivity contribution in [3.8, 4) is 5.75 Å². The summed E-state index contributed by atoms with van der Waals surface area (Å²) in [5, 5.41) is 3.48. The molecule has 0 radical (unpaired) electrons. The van der Waals surface area contributed by atoms with Gasteiger partial charge in [-0.2, -0.15) is 0 Å². The molecular formula is C17H29NO3. The number of benzene rings is 1. The maximum atomic E-state index is 5.90. The molecule has 1 aromatic carbocycles. The van der Waals surface area contributed by atoms with Gasteiger partial charge in [0.15, 0.2) is 0 Å². The molecule has 1 aromatic rings. The summed E-state index contributed by atoms with van der Waals surface area (Å²) in [6.45, 7) is 9.28. The molecular weight excluding hydrogens is 266 g/mol. The molecule has 1 N–H and O–H groups in total. The number of rotatable bonds is 11. The Morgan fingerprint density at radius 2 is 1.76 bits per heavy atom. The second-order valence-corrected chi connectivity index (χ2v) is 5.00. The first kappa shape index (κ1) is 18.0. The minimum Gasteiger partial charge on any atom is -0.497 e. The van der Waals surface area contributed by atoms with Crippen LogP contribution in [0, 0.1) is 0 Å². The van der Waals surface area contributed by atoms with Crippen molar-refractivity contribution in [2.24, 2.45) is 0 Å². The van der Waals surface area contributed by atoms with Crippen molar-refractivity contribution >= 4 is 0 Å². The zero-order chi connectivity index (χ0) is 15.5. The third kappa shape index (κ3) is 6.46. The molecule has 0 saturated heterocycles. The Labute approximate surface area is 128 Å². The van der Waals surface area contributed by atoms with Crippen LogP contribution in [0.4, 0.5) is 0 Å². The fourth-order valence-corrected chi connectivity index (χ4v) is 2.22. The molecule has 4 nitrogen and oxygen atoms in total. The maximum absolute atomic E-state index is 5.90. The highest BCUT2D eigenvalue weighted by Crippen LogP contribution is 2.22. The van der Waals surface area contributed by atoms with Crippen LogP contribution in [0.3, 0.4) is 0 Å². The van der Waals surface area contributed by atoms with Crippen LogP contribution in [0.15, 0.2) is 24.3 Å². The van der Waals surface area contributed by atoms with Gasteiger partial charge in [-0.3, -0.25) is 0 Å². The van der Waals surface area contributed by atoms with Gasteiger partial charge in [0, 0.05) is 6.61 Å². The highest BCUT2D eigenvalue weighted by Gasteiger charge is 2.18. The number of likely N-dealkylation sites (N-methyl/N-ethyl adjacent to an activating group) is 1. The largest absolute Gasteiger partial charge is 0.497 e. The van der Waals surface area contributed by atoms with E-state index in [-0.39, 0.29) is 12.1 Å². The van der Waals surface area contributed by atoms with Crippen LogP contribution in [-0.4, -0.2) is 39.6 Å². The first-order valence-electron chi connectivity index (χ1n) is 7.79. The lowest BCUT2D eigenvalue weighted by Gasteiger charge is -2.25. The van der Waals surface area contributed by atoms with E-state index in [0.717, 1.165) is 25.3 Å². The van der Waals surface area contributed by atoms with Crippen LogP contribution < -0.4 is 10.1 Å². The Balaban J connectivity index is 2.53. The number of ether oxygens (including phenoxy) is 3. The normalized spacial score (nSPS) is 13.9. The monoisotopic (exact) mass is 295 g/mol. The highest BCUT2D eigenvalue weighted by atomic mass is 16.5. The van der Waals surface area contributed by atoms with Gasteiger partial charge in [0.05, 0.1) is 32.5 Å². The molecule has 2 atom stereocenters. The standard InChI is InChI=1S/C17H29NO3/c1-5-11-20-12-13-21-14(3)17(18-6-2)15-7-9-16(19-4)10-8-15/h7-10,14,17-18H,5-6,11-13H2,1-4H3. The lowest BCUT2D eigenvalue weighted by molar-refractivity contribution is -0.00324. The first-order chi connectivity index (χ1) is 10.2. The molecule has 0 aliphatic rings. The molecule has 0 bridgehead atoms. The van der Waals surface area contributed by atoms with Gasteiger partial charge in [-0.15, -0.1) is 0 Å². The Kier molecular flexibility index (Phi) is 9.06. The van der Waals surface area contributed by atoms with E-state index >= 15 is 0 Å². The van der Waals surface area contributed by atoms with Gasteiger partial charge < -0.3 is 19.5 Å². The van der Waals surface area contributed by atoms with E-state index in [1.165, 1.54) is 5.56 Å². The molecule has 1 rings (SSSR count). The smallest absolute Gasteiger partial charge is 0.118 e. The summed E-state index contributed by atoms with van der Waals surface area (Å²) in [6, 6.07) is 8.30. The van der Waals surface area contributed by atoms with Crippen molar-refractivity contribution in [2.75, 3.05) is 33.5 Å². The molecule has 0 aromatic heterocycles. The van der Waals surface area contributed by atoms with Gasteiger partial charge in [-0.05, 0) is 37.6 Å². The van der Waals surface area contributed by atoms with E-state index in [9.17, 15) is 0 Å². The van der Waals surface area contributed by atoms with E-state index in [0.29, 0.717) is 13.2 Å². The third-order valence-corrected chi connectivity index (χ3v) is 3.33. The van der Waals surface area contributed by atoms with Crippen molar-refractivity contribution in [1.82, 2.24) is 5.32 Å². The summed E-state index contributed by atoms with van der Waals surface area (Å²) in [6.07, 6.45) is 1.13. The summed E-state index contributed by atoms with van der Waals surface area (Å²) >= 11 is 0. The summed E-state index contributed by atoms with van der Waals surface area (Å²) in [5.41, 5.74) is 1.21. The van der Waals surface area contributed by atoms with Gasteiger partial charge in [-0.1, -0.05) is 26.0 Å². The Morgan fingerprint density at radius 1 is 1.05 bits per heavy atom. The molecule has 0 aliphatic carbocycles. The van der Waals surface area contributed by atoms with Crippen LogP contribution in [0.1, 0.15) is 38.8 Å². The van der Waals surface area contributed by atoms with Crippen LogP contribution in [0.25, 0.3) is 0 Å². The average Bonchev–Trinajstić information content (AvgIpc) is 2.52. The van der Waals surface area contributed by atoms with Crippen LogP contribution in [-0.2, 0) is 9.47 Å². The number of hydrogen-bond donors (Lipinski definition) is 1. The predicted octanol–water partition coefficient (Wildman–Crippen LogP) is 3.18. The average molecular weight is 295 g/mol. The minimum atomic E-state index is 0.0866. The molecule has 2 unspecified atom stereocenters. The van der Waals surface area contributed by atoms with Crippen LogP contribution in [0.2, 0.25) is 0 Å². The number of nitrogens with one attached hydrogen (secondary N) is 1. The van der Waals surface area contributed by atoms with Gasteiger partial charge >= 0.3 is 0 Å². The predicted molar refractivity (Wildman–Crippen MR) is 85.9 cm³/mol. The van der Waals surface area contributed by atoms with Crippen molar-refractivity contribution in [2.45, 2.75) is 39.3 Å². The lowest BCUT2D eigenvalue weighted by Crippen LogP contribution is -2.32. The van der Waals surface area contributed by atoms with Crippen LogP contribution in [0.5, 0.6) is 5.75 Å². The molecule has 0 aliphatic heterocycles. The van der Waals surface area contributed by atoms with E-state index in [4.69, 9.17) is 14.2 Å². The zero-order valence-electron chi connectivity index (χ0n) is 13.7. The fraction of sp³-hybridized carbons (Fsp3) is 0.647. The summed E-state index contributed by atoms with van der Waals surface area (Å²) in [4.78, 5) is 0. The first-order valence-corrected chi connectivity index (χ1v) is 7.79. The Morgan fingerprint density at radius 3 is 2.33 bits per heavy atom. The van der Waals surface area contributed by atoms with Crippen molar-refractivity contribution in [3.63, 3.8) is 0 Å². The third-order valence-electron chi connectivity index (χ3n) is 3.33. The quantitative estimate of drug-likeness (QED) is 0.637. The van der Waals surface area contributed by atoms with Gasteiger partial charge in [-0.25, -0.2) is 0 Å². The van der Waals surface area contributed by atoms with Gasteiger partial charge in [0.2, 0.25) is 0 Å². The molecule has 0 spiro atoms. The Hall–Kier alpha value is -1.10. The molecule has 0 amide bonds. The fourth-order valence-electron chi connectivity index (χ4n) is 2.22. The molecule has 0 saturated carbocycles. The van der Waals surface area contributed by atoms with E-state index in [1.807, 2.05) is 12.1 Å². The second kappa shape index (κ2) is 10.6. The van der Waals surface area contributed by atoms with Crippen molar-refractivity contribution in [1.29, 1.82) is 0 Å². The second-order valence-electron chi connectivity index (χ2n) is 5.00. The SMILES string of the molecule is CCCOCCOC(C)C(NCC)c1ccc(OC)cc1. The van der Waals surface area contributed by atoms with Crippen molar-refractivity contribution in [3.05, 3.63) is 29.8 Å². The van der Waals surface area contributed by atoms with E-state index < -0.39 is 0 Å². The number of methoxy groups -OCH3 is 1. The molecule has 0 heterocycles.